The molecule has 0 radical (unpaired) electrons. The number of alkyl halides is 1. The third-order valence-corrected chi connectivity index (χ3v) is 5.62. The first-order chi connectivity index (χ1) is 9.01. The van der Waals surface area contributed by atoms with Crippen LogP contribution in [0, 0.1) is 5.92 Å². The van der Waals surface area contributed by atoms with E-state index in [2.05, 4.69) is 27.6 Å². The summed E-state index contributed by atoms with van der Waals surface area (Å²) < 4.78 is 28.6. The lowest BCUT2D eigenvalue weighted by molar-refractivity contribution is 0.289. The van der Waals surface area contributed by atoms with Crippen molar-refractivity contribution in [2.24, 2.45) is 5.92 Å². The fourth-order valence-electron chi connectivity index (χ4n) is 2.10. The quantitative estimate of drug-likeness (QED) is 0.852. The summed E-state index contributed by atoms with van der Waals surface area (Å²) in [5, 5.41) is 0.768. The van der Waals surface area contributed by atoms with Crippen LogP contribution in [0.5, 0.6) is 0 Å². The molecule has 1 aliphatic rings. The standard InChI is InChI=1S/C13H19BrN2O2S/c1-11-6-8-16(9-7-11)19(17,18)15-13-4-2-12(10-14)3-5-13/h2-5,11,15H,6-10H2,1H3. The molecule has 0 unspecified atom stereocenters. The first-order valence-corrected chi connectivity index (χ1v) is 9.00. The van der Waals surface area contributed by atoms with Gasteiger partial charge in [0.25, 0.3) is 0 Å². The van der Waals surface area contributed by atoms with Crippen LogP contribution in [-0.2, 0) is 15.5 Å². The third kappa shape index (κ3) is 3.94. The van der Waals surface area contributed by atoms with Gasteiger partial charge in [0.15, 0.2) is 0 Å². The molecule has 0 spiro atoms. The van der Waals surface area contributed by atoms with E-state index in [1.807, 2.05) is 12.1 Å². The minimum absolute atomic E-state index is 0.607. The Hall–Kier alpha value is -0.590. The van der Waals surface area contributed by atoms with Crippen molar-refractivity contribution in [1.29, 1.82) is 0 Å². The highest BCUT2D eigenvalue weighted by atomic mass is 79.9. The largest absolute Gasteiger partial charge is 0.301 e. The molecular formula is C13H19BrN2O2S. The second kappa shape index (κ2) is 6.24. The molecule has 0 amide bonds. The molecule has 106 valence electrons. The van der Waals surface area contributed by atoms with Gasteiger partial charge in [0.2, 0.25) is 0 Å². The lowest BCUT2D eigenvalue weighted by Crippen LogP contribution is -2.41. The van der Waals surface area contributed by atoms with Gasteiger partial charge in [-0.25, -0.2) is 0 Å². The number of hydrogen-bond donors (Lipinski definition) is 1. The average molecular weight is 347 g/mol. The van der Waals surface area contributed by atoms with Crippen molar-refractivity contribution >= 4 is 31.8 Å². The molecule has 0 atom stereocenters. The molecule has 6 heteroatoms. The molecule has 0 aromatic heterocycles. The van der Waals surface area contributed by atoms with Crippen LogP contribution in [0.15, 0.2) is 24.3 Å². The van der Waals surface area contributed by atoms with Crippen molar-refractivity contribution < 1.29 is 8.42 Å². The van der Waals surface area contributed by atoms with Crippen LogP contribution >= 0.6 is 15.9 Å². The van der Waals surface area contributed by atoms with Gasteiger partial charge >= 0.3 is 10.2 Å². The summed E-state index contributed by atoms with van der Waals surface area (Å²) >= 11 is 3.36. The van der Waals surface area contributed by atoms with Crippen LogP contribution in [0.2, 0.25) is 0 Å². The van der Waals surface area contributed by atoms with E-state index in [1.54, 1.807) is 12.1 Å². The van der Waals surface area contributed by atoms with Crippen LogP contribution < -0.4 is 4.72 Å². The Bertz CT molecular complexity index is 508. The number of piperidine rings is 1. The highest BCUT2D eigenvalue weighted by molar-refractivity contribution is 9.08. The second-order valence-electron chi connectivity index (χ2n) is 5.02. The number of nitrogens with one attached hydrogen (secondary N) is 1. The topological polar surface area (TPSA) is 49.4 Å². The minimum atomic E-state index is -3.41. The van der Waals surface area contributed by atoms with Gasteiger partial charge in [-0.15, -0.1) is 0 Å². The monoisotopic (exact) mass is 346 g/mol. The maximum absolute atomic E-state index is 12.2. The highest BCUT2D eigenvalue weighted by Crippen LogP contribution is 2.20. The van der Waals surface area contributed by atoms with E-state index in [9.17, 15) is 8.42 Å². The van der Waals surface area contributed by atoms with Crippen molar-refractivity contribution in [3.63, 3.8) is 0 Å². The van der Waals surface area contributed by atoms with E-state index in [0.29, 0.717) is 24.7 Å². The zero-order valence-corrected chi connectivity index (χ0v) is 13.4. The van der Waals surface area contributed by atoms with Crippen LogP contribution in [0.25, 0.3) is 0 Å². The molecule has 1 aliphatic heterocycles. The third-order valence-electron chi connectivity index (χ3n) is 3.44. The first-order valence-electron chi connectivity index (χ1n) is 6.44. The highest BCUT2D eigenvalue weighted by Gasteiger charge is 2.26. The Morgan fingerprint density at radius 3 is 2.37 bits per heavy atom. The summed E-state index contributed by atoms with van der Waals surface area (Å²) in [4.78, 5) is 0. The van der Waals surface area contributed by atoms with Crippen molar-refractivity contribution in [2.45, 2.75) is 25.1 Å². The molecule has 1 heterocycles. The molecule has 0 bridgehead atoms. The maximum atomic E-state index is 12.2. The number of hydrogen-bond acceptors (Lipinski definition) is 2. The summed E-state index contributed by atoms with van der Waals surface area (Å²) in [5.41, 5.74) is 1.73. The van der Waals surface area contributed by atoms with E-state index in [4.69, 9.17) is 0 Å². The molecule has 1 aromatic rings. The Kier molecular flexibility index (Phi) is 4.86. The van der Waals surface area contributed by atoms with E-state index in [-0.39, 0.29) is 0 Å². The van der Waals surface area contributed by atoms with E-state index < -0.39 is 10.2 Å². The predicted molar refractivity (Wildman–Crippen MR) is 81.6 cm³/mol. The summed E-state index contributed by atoms with van der Waals surface area (Å²) in [5.74, 6) is 0.615. The predicted octanol–water partition coefficient (Wildman–Crippen LogP) is 2.97. The molecule has 0 saturated carbocycles. The lowest BCUT2D eigenvalue weighted by Gasteiger charge is -2.29. The molecule has 1 N–H and O–H groups in total. The van der Waals surface area contributed by atoms with Crippen LogP contribution in [0.1, 0.15) is 25.3 Å². The number of rotatable bonds is 4. The van der Waals surface area contributed by atoms with E-state index in [0.717, 1.165) is 23.7 Å². The van der Waals surface area contributed by atoms with Gasteiger partial charge in [0.05, 0.1) is 0 Å². The molecule has 4 nitrogen and oxygen atoms in total. The SMILES string of the molecule is CC1CCN(S(=O)(=O)Nc2ccc(CBr)cc2)CC1. The summed E-state index contributed by atoms with van der Waals surface area (Å²) in [7, 11) is -3.41. The van der Waals surface area contributed by atoms with Gasteiger partial charge in [0.1, 0.15) is 0 Å². The van der Waals surface area contributed by atoms with Crippen molar-refractivity contribution in [3.05, 3.63) is 29.8 Å². The van der Waals surface area contributed by atoms with Crippen LogP contribution in [0.4, 0.5) is 5.69 Å². The number of nitrogens with zero attached hydrogens (tertiary/aromatic N) is 1. The normalized spacial score (nSPS) is 18.4. The van der Waals surface area contributed by atoms with Gasteiger partial charge < -0.3 is 0 Å². The first kappa shape index (κ1) is 14.8. The summed E-state index contributed by atoms with van der Waals surface area (Å²) in [6.45, 7) is 3.38. The lowest BCUT2D eigenvalue weighted by atomic mass is 10.0. The molecule has 1 saturated heterocycles. The zero-order chi connectivity index (χ0) is 13.9. The Labute approximate surface area is 123 Å². The van der Waals surface area contributed by atoms with Gasteiger partial charge in [-0.1, -0.05) is 35.0 Å². The zero-order valence-electron chi connectivity index (χ0n) is 11.0. The van der Waals surface area contributed by atoms with Crippen LogP contribution in [-0.4, -0.2) is 25.8 Å². The Balaban J connectivity index is 2.03. The number of halogens is 1. The number of anilines is 1. The van der Waals surface area contributed by atoms with Crippen LogP contribution in [0.3, 0.4) is 0 Å². The molecular weight excluding hydrogens is 328 g/mol. The summed E-state index contributed by atoms with van der Waals surface area (Å²) in [6, 6.07) is 7.40. The summed E-state index contributed by atoms with van der Waals surface area (Å²) in [6.07, 6.45) is 1.87. The van der Waals surface area contributed by atoms with Crippen molar-refractivity contribution in [1.82, 2.24) is 4.31 Å². The van der Waals surface area contributed by atoms with Gasteiger partial charge in [-0.2, -0.15) is 12.7 Å². The maximum Gasteiger partial charge on any atom is 0.301 e. The molecule has 2 rings (SSSR count). The molecule has 0 aliphatic carbocycles. The average Bonchev–Trinajstić information content (AvgIpc) is 2.40. The van der Waals surface area contributed by atoms with E-state index >= 15 is 0 Å². The van der Waals surface area contributed by atoms with Gasteiger partial charge in [-0.3, -0.25) is 4.72 Å². The fraction of sp³-hybridized carbons (Fsp3) is 0.538. The Morgan fingerprint density at radius 1 is 1.26 bits per heavy atom. The number of benzene rings is 1. The Morgan fingerprint density at radius 2 is 1.84 bits per heavy atom. The molecule has 19 heavy (non-hydrogen) atoms. The second-order valence-corrected chi connectivity index (χ2v) is 7.25. The van der Waals surface area contributed by atoms with Crippen molar-refractivity contribution in [2.75, 3.05) is 17.8 Å². The van der Waals surface area contributed by atoms with Crippen molar-refractivity contribution in [3.8, 4) is 0 Å². The van der Waals surface area contributed by atoms with Gasteiger partial charge in [-0.05, 0) is 36.5 Å². The van der Waals surface area contributed by atoms with Gasteiger partial charge in [0, 0.05) is 24.1 Å². The smallest absolute Gasteiger partial charge is 0.271 e. The molecule has 1 fully saturated rings. The fourth-order valence-corrected chi connectivity index (χ4v) is 3.73. The van der Waals surface area contributed by atoms with E-state index in [1.165, 1.54) is 4.31 Å². The molecule has 1 aromatic carbocycles. The minimum Gasteiger partial charge on any atom is -0.271 e.